The van der Waals surface area contributed by atoms with E-state index in [-0.39, 0.29) is 5.82 Å². The van der Waals surface area contributed by atoms with Gasteiger partial charge in [0.05, 0.1) is 0 Å². The van der Waals surface area contributed by atoms with Crippen LogP contribution in [0.4, 0.5) is 4.39 Å². The highest BCUT2D eigenvalue weighted by Crippen LogP contribution is 2.28. The predicted molar refractivity (Wildman–Crippen MR) is 76.9 cm³/mol. The fourth-order valence-corrected chi connectivity index (χ4v) is 3.46. The lowest BCUT2D eigenvalue weighted by Gasteiger charge is -2.32. The summed E-state index contributed by atoms with van der Waals surface area (Å²) in [6.45, 7) is 5.24. The van der Waals surface area contributed by atoms with Gasteiger partial charge in [0.2, 0.25) is 0 Å². The van der Waals surface area contributed by atoms with Crippen molar-refractivity contribution in [2.45, 2.75) is 45.7 Å². The molecule has 1 saturated carbocycles. The molecule has 0 aliphatic heterocycles. The van der Waals surface area contributed by atoms with Crippen LogP contribution in [0.15, 0.2) is 22.7 Å². The average Bonchev–Trinajstić information content (AvgIpc) is 2.29. The smallest absolute Gasteiger partial charge is 0.127 e. The monoisotopic (exact) mass is 313 g/mol. The van der Waals surface area contributed by atoms with Gasteiger partial charge in [-0.2, -0.15) is 0 Å². The SMILES string of the molecule is CC1CC(C)CC(NCc2cc(Br)ccc2F)C1. The molecule has 2 atom stereocenters. The largest absolute Gasteiger partial charge is 0.310 e. The van der Waals surface area contributed by atoms with Gasteiger partial charge in [-0.3, -0.25) is 0 Å². The first-order chi connectivity index (χ1) is 8.54. The third-order valence-corrected chi connectivity index (χ3v) is 4.26. The summed E-state index contributed by atoms with van der Waals surface area (Å²) in [7, 11) is 0. The minimum atomic E-state index is -0.123. The van der Waals surface area contributed by atoms with Crippen LogP contribution in [0.3, 0.4) is 0 Å². The van der Waals surface area contributed by atoms with E-state index in [1.807, 2.05) is 6.07 Å². The van der Waals surface area contributed by atoms with Crippen molar-refractivity contribution >= 4 is 15.9 Å². The van der Waals surface area contributed by atoms with E-state index in [0.29, 0.717) is 12.6 Å². The Balaban J connectivity index is 1.92. The first kappa shape index (κ1) is 14.0. The molecule has 1 aromatic carbocycles. The van der Waals surface area contributed by atoms with E-state index in [1.54, 1.807) is 6.07 Å². The summed E-state index contributed by atoms with van der Waals surface area (Å²) in [5, 5.41) is 3.51. The van der Waals surface area contributed by atoms with Crippen LogP contribution in [0.1, 0.15) is 38.7 Å². The van der Waals surface area contributed by atoms with Crippen LogP contribution in [-0.2, 0) is 6.54 Å². The molecule has 0 aromatic heterocycles. The highest BCUT2D eigenvalue weighted by Gasteiger charge is 2.23. The Morgan fingerprint density at radius 2 is 1.89 bits per heavy atom. The summed E-state index contributed by atoms with van der Waals surface area (Å²) < 4.78 is 14.6. The summed E-state index contributed by atoms with van der Waals surface area (Å²) in [6.07, 6.45) is 3.74. The van der Waals surface area contributed by atoms with Crippen molar-refractivity contribution in [3.05, 3.63) is 34.1 Å². The lowest BCUT2D eigenvalue weighted by atomic mass is 9.80. The van der Waals surface area contributed by atoms with Gasteiger partial charge in [-0.25, -0.2) is 4.39 Å². The van der Waals surface area contributed by atoms with Crippen LogP contribution in [0.2, 0.25) is 0 Å². The van der Waals surface area contributed by atoms with Gasteiger partial charge in [-0.05, 0) is 49.3 Å². The third kappa shape index (κ3) is 3.79. The summed E-state index contributed by atoms with van der Waals surface area (Å²) in [5.41, 5.74) is 0.746. The number of rotatable bonds is 3. The maximum Gasteiger partial charge on any atom is 0.127 e. The van der Waals surface area contributed by atoms with E-state index in [4.69, 9.17) is 0 Å². The average molecular weight is 314 g/mol. The van der Waals surface area contributed by atoms with Gasteiger partial charge >= 0.3 is 0 Å². The normalized spacial score (nSPS) is 28.3. The number of hydrogen-bond donors (Lipinski definition) is 1. The van der Waals surface area contributed by atoms with E-state index in [1.165, 1.54) is 25.3 Å². The molecule has 0 radical (unpaired) electrons. The molecule has 0 heterocycles. The summed E-state index contributed by atoms with van der Waals surface area (Å²) in [6, 6.07) is 5.65. The second kappa shape index (κ2) is 6.16. The molecule has 0 saturated heterocycles. The topological polar surface area (TPSA) is 12.0 Å². The lowest BCUT2D eigenvalue weighted by molar-refractivity contribution is 0.237. The van der Waals surface area contributed by atoms with E-state index in [9.17, 15) is 4.39 Å². The molecule has 0 bridgehead atoms. The van der Waals surface area contributed by atoms with Gasteiger partial charge in [-0.15, -0.1) is 0 Å². The molecule has 0 amide bonds. The summed E-state index contributed by atoms with van der Waals surface area (Å²) in [4.78, 5) is 0. The molecule has 1 nitrogen and oxygen atoms in total. The molecular formula is C15H21BrFN. The fourth-order valence-electron chi connectivity index (χ4n) is 3.05. The van der Waals surface area contributed by atoms with Crippen molar-refractivity contribution in [1.29, 1.82) is 0 Å². The zero-order valence-corrected chi connectivity index (χ0v) is 12.6. The van der Waals surface area contributed by atoms with Gasteiger partial charge in [0.1, 0.15) is 5.82 Å². The van der Waals surface area contributed by atoms with Gasteiger partial charge in [-0.1, -0.05) is 29.8 Å². The van der Waals surface area contributed by atoms with Crippen LogP contribution < -0.4 is 5.32 Å². The Labute approximate surface area is 117 Å². The van der Waals surface area contributed by atoms with Crippen LogP contribution in [0.5, 0.6) is 0 Å². The second-order valence-corrected chi connectivity index (χ2v) is 6.65. The van der Waals surface area contributed by atoms with Crippen LogP contribution in [0, 0.1) is 17.7 Å². The molecule has 1 aliphatic rings. The Bertz CT molecular complexity index is 397. The number of halogens is 2. The Hall–Kier alpha value is -0.410. The van der Waals surface area contributed by atoms with Crippen molar-refractivity contribution < 1.29 is 4.39 Å². The number of hydrogen-bond acceptors (Lipinski definition) is 1. The van der Waals surface area contributed by atoms with Crippen LogP contribution >= 0.6 is 15.9 Å². The van der Waals surface area contributed by atoms with Crippen molar-refractivity contribution in [3.63, 3.8) is 0 Å². The molecular weight excluding hydrogens is 293 g/mol. The molecule has 1 aromatic rings. The zero-order valence-electron chi connectivity index (χ0n) is 11.0. The molecule has 18 heavy (non-hydrogen) atoms. The first-order valence-corrected chi connectivity index (χ1v) is 7.51. The predicted octanol–water partition coefficient (Wildman–Crippen LogP) is 4.50. The quantitative estimate of drug-likeness (QED) is 0.866. The Morgan fingerprint density at radius 1 is 1.22 bits per heavy atom. The van der Waals surface area contributed by atoms with Gasteiger partial charge in [0.25, 0.3) is 0 Å². The Morgan fingerprint density at radius 3 is 2.56 bits per heavy atom. The maximum absolute atomic E-state index is 13.6. The molecule has 1 fully saturated rings. The van der Waals surface area contributed by atoms with Crippen molar-refractivity contribution in [2.75, 3.05) is 0 Å². The minimum absolute atomic E-state index is 0.123. The third-order valence-electron chi connectivity index (χ3n) is 3.77. The maximum atomic E-state index is 13.6. The molecule has 3 heteroatoms. The van der Waals surface area contributed by atoms with Crippen LogP contribution in [-0.4, -0.2) is 6.04 Å². The standard InChI is InChI=1S/C15H21BrFN/c1-10-5-11(2)7-14(6-10)18-9-12-8-13(16)3-4-15(12)17/h3-4,8,10-11,14,18H,5-7,9H2,1-2H3. The highest BCUT2D eigenvalue weighted by atomic mass is 79.9. The van der Waals surface area contributed by atoms with Crippen molar-refractivity contribution in [1.82, 2.24) is 5.32 Å². The summed E-state index contributed by atoms with van der Waals surface area (Å²) in [5.74, 6) is 1.43. The molecule has 1 N–H and O–H groups in total. The molecule has 1 aliphatic carbocycles. The minimum Gasteiger partial charge on any atom is -0.310 e. The van der Waals surface area contributed by atoms with Gasteiger partial charge in [0.15, 0.2) is 0 Å². The van der Waals surface area contributed by atoms with Crippen molar-refractivity contribution in [3.8, 4) is 0 Å². The van der Waals surface area contributed by atoms with Crippen molar-refractivity contribution in [2.24, 2.45) is 11.8 Å². The number of benzene rings is 1. The van der Waals surface area contributed by atoms with E-state index in [2.05, 4.69) is 35.1 Å². The fraction of sp³-hybridized carbons (Fsp3) is 0.600. The highest BCUT2D eigenvalue weighted by molar-refractivity contribution is 9.10. The molecule has 2 rings (SSSR count). The lowest BCUT2D eigenvalue weighted by Crippen LogP contribution is -2.36. The summed E-state index contributed by atoms with van der Waals surface area (Å²) >= 11 is 3.39. The second-order valence-electron chi connectivity index (χ2n) is 5.73. The molecule has 100 valence electrons. The Kier molecular flexibility index (Phi) is 4.79. The van der Waals surface area contributed by atoms with E-state index >= 15 is 0 Å². The van der Waals surface area contributed by atoms with Gasteiger partial charge in [0, 0.05) is 22.6 Å². The van der Waals surface area contributed by atoms with E-state index in [0.717, 1.165) is 21.9 Å². The number of nitrogens with one attached hydrogen (secondary N) is 1. The molecule has 2 unspecified atom stereocenters. The van der Waals surface area contributed by atoms with Gasteiger partial charge < -0.3 is 5.32 Å². The van der Waals surface area contributed by atoms with Crippen LogP contribution in [0.25, 0.3) is 0 Å². The zero-order chi connectivity index (χ0) is 13.1. The van der Waals surface area contributed by atoms with E-state index < -0.39 is 0 Å². The first-order valence-electron chi connectivity index (χ1n) is 6.72. The molecule has 0 spiro atoms.